The number of nitrogens with one attached hydrogen (secondary N) is 2. The summed E-state index contributed by atoms with van der Waals surface area (Å²) in [6.07, 6.45) is 0. The number of carbonyl (C=O) groups excluding carboxylic acids is 1. The average molecular weight is 453 g/mol. The van der Waals surface area contributed by atoms with Gasteiger partial charge in [0.2, 0.25) is 0 Å². The van der Waals surface area contributed by atoms with E-state index in [1.807, 2.05) is 0 Å². The van der Waals surface area contributed by atoms with Gasteiger partial charge in [-0.05, 0) is 42.5 Å². The van der Waals surface area contributed by atoms with Crippen molar-refractivity contribution in [2.45, 2.75) is 11.4 Å². The van der Waals surface area contributed by atoms with Crippen LogP contribution >= 0.6 is 23.2 Å². The molecule has 0 unspecified atom stereocenters. The topological polar surface area (TPSA) is 75.3 Å². The summed E-state index contributed by atoms with van der Waals surface area (Å²) in [5.74, 6) is -0.900. The number of hydrogen-bond donors (Lipinski definition) is 2. The van der Waals surface area contributed by atoms with Crippen LogP contribution in [0.2, 0.25) is 10.0 Å². The first-order valence-corrected chi connectivity index (χ1v) is 10.6. The Labute approximate surface area is 177 Å². The van der Waals surface area contributed by atoms with Gasteiger partial charge in [0.25, 0.3) is 15.9 Å². The fourth-order valence-electron chi connectivity index (χ4n) is 2.54. The first kappa shape index (κ1) is 21.1. The Morgan fingerprint density at radius 2 is 1.72 bits per heavy atom. The molecular weight excluding hydrogens is 438 g/mol. The minimum atomic E-state index is -4.02. The van der Waals surface area contributed by atoms with E-state index < -0.39 is 21.7 Å². The maximum Gasteiger partial charge on any atom is 0.263 e. The van der Waals surface area contributed by atoms with Crippen molar-refractivity contribution in [1.82, 2.24) is 5.32 Å². The monoisotopic (exact) mass is 452 g/mol. The van der Waals surface area contributed by atoms with Gasteiger partial charge >= 0.3 is 0 Å². The molecule has 0 aromatic heterocycles. The van der Waals surface area contributed by atoms with Crippen LogP contribution in [0.1, 0.15) is 15.9 Å². The van der Waals surface area contributed by atoms with Crippen molar-refractivity contribution in [2.24, 2.45) is 0 Å². The highest BCUT2D eigenvalue weighted by molar-refractivity contribution is 7.92. The molecule has 0 fully saturated rings. The smallest absolute Gasteiger partial charge is 0.263 e. The van der Waals surface area contributed by atoms with Gasteiger partial charge in [-0.15, -0.1) is 0 Å². The maximum absolute atomic E-state index is 13.7. The van der Waals surface area contributed by atoms with Crippen molar-refractivity contribution < 1.29 is 17.6 Å². The molecule has 0 atom stereocenters. The number of anilines is 1. The Hall–Kier alpha value is -2.61. The minimum absolute atomic E-state index is 0.000413. The zero-order chi connectivity index (χ0) is 21.0. The summed E-state index contributed by atoms with van der Waals surface area (Å²) in [5, 5.41) is 2.83. The number of sulfonamides is 1. The highest BCUT2D eigenvalue weighted by Crippen LogP contribution is 2.27. The second-order valence-electron chi connectivity index (χ2n) is 6.04. The standard InChI is InChI=1S/C20H15Cl2FN2O3S/c21-15-8-9-17(22)19(11-15)29(27,28)25-16-6-3-5-13(10-16)20(26)24-12-14-4-1-2-7-18(14)23/h1-11,25H,12H2,(H,24,26). The molecule has 1 amide bonds. The van der Waals surface area contributed by atoms with Gasteiger partial charge in [0.1, 0.15) is 10.7 Å². The normalized spacial score (nSPS) is 11.1. The molecule has 3 aromatic carbocycles. The summed E-state index contributed by atoms with van der Waals surface area (Å²) in [6.45, 7) is -0.000413. The maximum atomic E-state index is 13.7. The summed E-state index contributed by atoms with van der Waals surface area (Å²) < 4.78 is 41.3. The van der Waals surface area contributed by atoms with E-state index in [1.165, 1.54) is 48.5 Å². The Morgan fingerprint density at radius 1 is 0.966 bits per heavy atom. The van der Waals surface area contributed by atoms with Crippen molar-refractivity contribution >= 4 is 44.8 Å². The molecule has 0 spiro atoms. The number of amides is 1. The minimum Gasteiger partial charge on any atom is -0.348 e. The van der Waals surface area contributed by atoms with E-state index in [4.69, 9.17) is 23.2 Å². The highest BCUT2D eigenvalue weighted by Gasteiger charge is 2.19. The van der Waals surface area contributed by atoms with Crippen LogP contribution in [0, 0.1) is 5.82 Å². The summed E-state index contributed by atoms with van der Waals surface area (Å²) in [6, 6.07) is 16.1. The van der Waals surface area contributed by atoms with Gasteiger partial charge in [0, 0.05) is 28.4 Å². The SMILES string of the molecule is O=C(NCc1ccccc1F)c1cccc(NS(=O)(=O)c2cc(Cl)ccc2Cl)c1. The Bertz CT molecular complexity index is 1170. The molecule has 0 saturated carbocycles. The summed E-state index contributed by atoms with van der Waals surface area (Å²) in [5.41, 5.74) is 0.714. The Kier molecular flexibility index (Phi) is 6.42. The number of benzene rings is 3. The Balaban J connectivity index is 1.76. The molecule has 0 heterocycles. The van der Waals surface area contributed by atoms with Crippen LogP contribution in [0.5, 0.6) is 0 Å². The molecule has 3 aromatic rings. The van der Waals surface area contributed by atoms with Crippen LogP contribution in [0.3, 0.4) is 0 Å². The van der Waals surface area contributed by atoms with Crippen LogP contribution in [0.15, 0.2) is 71.6 Å². The number of rotatable bonds is 6. The highest BCUT2D eigenvalue weighted by atomic mass is 35.5. The summed E-state index contributed by atoms with van der Waals surface area (Å²) in [4.78, 5) is 12.2. The van der Waals surface area contributed by atoms with Crippen LogP contribution < -0.4 is 10.0 Å². The first-order valence-electron chi connectivity index (χ1n) is 8.36. The molecule has 0 aliphatic rings. The predicted molar refractivity (Wildman–Crippen MR) is 111 cm³/mol. The van der Waals surface area contributed by atoms with Gasteiger partial charge in [-0.1, -0.05) is 47.5 Å². The first-order chi connectivity index (χ1) is 13.8. The van der Waals surface area contributed by atoms with Crippen molar-refractivity contribution in [2.75, 3.05) is 4.72 Å². The molecule has 0 aliphatic carbocycles. The molecule has 0 radical (unpaired) electrons. The average Bonchev–Trinajstić information content (AvgIpc) is 2.68. The van der Waals surface area contributed by atoms with Crippen LogP contribution in [-0.4, -0.2) is 14.3 Å². The van der Waals surface area contributed by atoms with Crippen molar-refractivity contribution in [3.8, 4) is 0 Å². The lowest BCUT2D eigenvalue weighted by Crippen LogP contribution is -2.23. The zero-order valence-corrected chi connectivity index (χ0v) is 17.2. The van der Waals surface area contributed by atoms with E-state index in [-0.39, 0.29) is 32.7 Å². The molecule has 0 saturated heterocycles. The van der Waals surface area contributed by atoms with E-state index in [0.717, 1.165) is 0 Å². The Morgan fingerprint density at radius 3 is 2.48 bits per heavy atom. The van der Waals surface area contributed by atoms with E-state index in [0.29, 0.717) is 5.56 Å². The molecule has 2 N–H and O–H groups in total. The third-order valence-electron chi connectivity index (χ3n) is 3.96. The molecule has 0 aliphatic heterocycles. The van der Waals surface area contributed by atoms with Crippen molar-refractivity contribution in [3.63, 3.8) is 0 Å². The third-order valence-corrected chi connectivity index (χ3v) is 6.05. The van der Waals surface area contributed by atoms with Crippen molar-refractivity contribution in [3.05, 3.63) is 93.7 Å². The molecule has 0 bridgehead atoms. The van der Waals surface area contributed by atoms with Gasteiger partial charge in [0.05, 0.1) is 5.02 Å². The van der Waals surface area contributed by atoms with Gasteiger partial charge < -0.3 is 5.32 Å². The molecule has 9 heteroatoms. The summed E-state index contributed by atoms with van der Waals surface area (Å²) >= 11 is 11.8. The van der Waals surface area contributed by atoms with Crippen LogP contribution in [0.4, 0.5) is 10.1 Å². The fraction of sp³-hybridized carbons (Fsp3) is 0.0500. The second kappa shape index (κ2) is 8.82. The largest absolute Gasteiger partial charge is 0.348 e. The van der Waals surface area contributed by atoms with E-state index in [1.54, 1.807) is 18.2 Å². The molecule has 3 rings (SSSR count). The van der Waals surface area contributed by atoms with Gasteiger partial charge in [0.15, 0.2) is 0 Å². The lowest BCUT2D eigenvalue weighted by Gasteiger charge is -2.11. The number of halogens is 3. The lowest BCUT2D eigenvalue weighted by atomic mass is 10.1. The zero-order valence-electron chi connectivity index (χ0n) is 14.8. The van der Waals surface area contributed by atoms with Gasteiger partial charge in [-0.2, -0.15) is 0 Å². The van der Waals surface area contributed by atoms with Gasteiger partial charge in [-0.25, -0.2) is 12.8 Å². The lowest BCUT2D eigenvalue weighted by molar-refractivity contribution is 0.0950. The van der Waals surface area contributed by atoms with E-state index in [9.17, 15) is 17.6 Å². The van der Waals surface area contributed by atoms with Gasteiger partial charge in [-0.3, -0.25) is 9.52 Å². The molecule has 5 nitrogen and oxygen atoms in total. The molecular formula is C20H15Cl2FN2O3S. The molecule has 29 heavy (non-hydrogen) atoms. The van der Waals surface area contributed by atoms with E-state index in [2.05, 4.69) is 10.0 Å². The van der Waals surface area contributed by atoms with Crippen LogP contribution in [-0.2, 0) is 16.6 Å². The fourth-order valence-corrected chi connectivity index (χ4v) is 4.35. The number of hydrogen-bond acceptors (Lipinski definition) is 3. The third kappa shape index (κ3) is 5.26. The quantitative estimate of drug-likeness (QED) is 0.560. The second-order valence-corrected chi connectivity index (χ2v) is 8.53. The molecule has 150 valence electrons. The van der Waals surface area contributed by atoms with Crippen molar-refractivity contribution in [1.29, 1.82) is 0 Å². The number of carbonyl (C=O) groups is 1. The predicted octanol–water partition coefficient (Wildman–Crippen LogP) is 4.86. The summed E-state index contributed by atoms with van der Waals surface area (Å²) in [7, 11) is -4.02. The van der Waals surface area contributed by atoms with Crippen LogP contribution in [0.25, 0.3) is 0 Å². The van der Waals surface area contributed by atoms with E-state index >= 15 is 0 Å².